The summed E-state index contributed by atoms with van der Waals surface area (Å²) in [6, 6.07) is 12.8. The Morgan fingerprint density at radius 1 is 1.07 bits per heavy atom. The Balaban J connectivity index is 1.44. The van der Waals surface area contributed by atoms with Crippen LogP contribution in [0.3, 0.4) is 0 Å². The van der Waals surface area contributed by atoms with E-state index in [2.05, 4.69) is 31.1 Å². The summed E-state index contributed by atoms with van der Waals surface area (Å²) in [6.45, 7) is 1.84. The van der Waals surface area contributed by atoms with E-state index in [0.717, 1.165) is 16.6 Å². The quantitative estimate of drug-likeness (QED) is 0.472. The Morgan fingerprint density at radius 2 is 1.82 bits per heavy atom. The van der Waals surface area contributed by atoms with Gasteiger partial charge < -0.3 is 0 Å². The molecule has 2 amide bonds. The van der Waals surface area contributed by atoms with Crippen molar-refractivity contribution in [2.24, 2.45) is 7.05 Å². The first-order valence-electron chi connectivity index (χ1n) is 8.54. The topological polar surface area (TPSA) is 118 Å². The van der Waals surface area contributed by atoms with E-state index < -0.39 is 11.8 Å². The summed E-state index contributed by atoms with van der Waals surface area (Å²) in [5.41, 5.74) is 8.28. The maximum Gasteiger partial charge on any atom is 0.287 e. The van der Waals surface area contributed by atoms with Crippen molar-refractivity contribution in [2.45, 2.75) is 6.92 Å². The molecule has 0 bridgehead atoms. The van der Waals surface area contributed by atoms with Crippen LogP contribution in [-0.4, -0.2) is 36.8 Å². The van der Waals surface area contributed by atoms with Gasteiger partial charge in [0, 0.05) is 24.2 Å². The number of hydrogen-bond acceptors (Lipinski definition) is 5. The number of rotatable bonds is 3. The summed E-state index contributed by atoms with van der Waals surface area (Å²) in [5.74, 6) is -0.983. The highest BCUT2D eigenvalue weighted by atomic mass is 16.2. The number of aromatic amines is 1. The molecule has 3 aromatic heterocycles. The van der Waals surface area contributed by atoms with Gasteiger partial charge in [-0.15, -0.1) is 0 Å². The lowest BCUT2D eigenvalue weighted by Crippen LogP contribution is -2.41. The summed E-state index contributed by atoms with van der Waals surface area (Å²) >= 11 is 0. The predicted molar refractivity (Wildman–Crippen MR) is 102 cm³/mol. The van der Waals surface area contributed by atoms with Crippen molar-refractivity contribution in [1.29, 1.82) is 0 Å². The number of aryl methyl sites for hydroxylation is 2. The first kappa shape index (κ1) is 17.4. The second kappa shape index (κ2) is 6.95. The van der Waals surface area contributed by atoms with Gasteiger partial charge in [0.1, 0.15) is 5.69 Å². The van der Waals surface area contributed by atoms with Crippen molar-refractivity contribution >= 4 is 22.8 Å². The van der Waals surface area contributed by atoms with Crippen molar-refractivity contribution in [1.82, 2.24) is 35.8 Å². The van der Waals surface area contributed by atoms with Crippen LogP contribution in [0.4, 0.5) is 0 Å². The number of carbonyl (C=O) groups is 2. The van der Waals surface area contributed by atoms with E-state index in [-0.39, 0.29) is 5.69 Å². The normalized spacial score (nSPS) is 10.8. The van der Waals surface area contributed by atoms with E-state index >= 15 is 0 Å². The molecule has 0 unspecified atom stereocenters. The average molecular weight is 375 g/mol. The van der Waals surface area contributed by atoms with Crippen LogP contribution in [0.2, 0.25) is 0 Å². The van der Waals surface area contributed by atoms with Gasteiger partial charge in [-0.2, -0.15) is 10.2 Å². The van der Waals surface area contributed by atoms with Crippen LogP contribution >= 0.6 is 0 Å². The fourth-order valence-electron chi connectivity index (χ4n) is 2.88. The van der Waals surface area contributed by atoms with Gasteiger partial charge in [0.25, 0.3) is 11.8 Å². The predicted octanol–water partition coefficient (Wildman–Crippen LogP) is 1.74. The van der Waals surface area contributed by atoms with Crippen molar-refractivity contribution in [3.05, 3.63) is 65.6 Å². The number of nitrogens with zero attached hydrogens (tertiary/aromatic N) is 4. The van der Waals surface area contributed by atoms with Gasteiger partial charge in [0.05, 0.1) is 17.0 Å². The SMILES string of the molecule is Cc1nn(C)c2ncc(C(=O)NNC(=O)c3cc(-c4ccccc4)n[nH]3)cc12. The van der Waals surface area contributed by atoms with E-state index in [0.29, 0.717) is 16.9 Å². The van der Waals surface area contributed by atoms with Crippen molar-refractivity contribution in [3.8, 4) is 11.3 Å². The number of nitrogens with one attached hydrogen (secondary N) is 3. The second-order valence-electron chi connectivity index (χ2n) is 6.25. The molecule has 9 heteroatoms. The van der Waals surface area contributed by atoms with Crippen molar-refractivity contribution in [3.63, 3.8) is 0 Å². The van der Waals surface area contributed by atoms with Gasteiger partial charge >= 0.3 is 0 Å². The lowest BCUT2D eigenvalue weighted by Gasteiger charge is -2.06. The monoisotopic (exact) mass is 375 g/mol. The zero-order valence-electron chi connectivity index (χ0n) is 15.2. The maximum absolute atomic E-state index is 12.4. The number of H-pyrrole nitrogens is 1. The number of fused-ring (bicyclic) bond motifs is 1. The Bertz CT molecular complexity index is 1180. The zero-order chi connectivity index (χ0) is 19.7. The Labute approximate surface area is 159 Å². The largest absolute Gasteiger partial charge is 0.287 e. The Kier molecular flexibility index (Phi) is 4.32. The van der Waals surface area contributed by atoms with Gasteiger partial charge in [-0.25, -0.2) is 4.98 Å². The van der Waals surface area contributed by atoms with Crippen molar-refractivity contribution in [2.75, 3.05) is 0 Å². The number of pyridine rings is 1. The first-order valence-corrected chi connectivity index (χ1v) is 8.54. The molecule has 9 nitrogen and oxygen atoms in total. The minimum Gasteiger partial charge on any atom is -0.272 e. The molecule has 0 saturated heterocycles. The van der Waals surface area contributed by atoms with Crippen LogP contribution in [0.25, 0.3) is 22.3 Å². The highest BCUT2D eigenvalue weighted by Crippen LogP contribution is 2.17. The summed E-state index contributed by atoms with van der Waals surface area (Å²) in [6.07, 6.45) is 1.44. The van der Waals surface area contributed by atoms with Gasteiger partial charge in [-0.1, -0.05) is 30.3 Å². The van der Waals surface area contributed by atoms with E-state index in [9.17, 15) is 9.59 Å². The van der Waals surface area contributed by atoms with Gasteiger partial charge in [0.15, 0.2) is 5.65 Å². The summed E-state index contributed by atoms with van der Waals surface area (Å²) in [4.78, 5) is 28.9. The van der Waals surface area contributed by atoms with Crippen LogP contribution in [0.5, 0.6) is 0 Å². The molecule has 4 aromatic rings. The second-order valence-corrected chi connectivity index (χ2v) is 6.25. The summed E-state index contributed by atoms with van der Waals surface area (Å²) in [5, 5.41) is 11.8. The zero-order valence-corrected chi connectivity index (χ0v) is 15.2. The molecule has 0 aliphatic heterocycles. The molecule has 0 radical (unpaired) electrons. The minimum absolute atomic E-state index is 0.232. The lowest BCUT2D eigenvalue weighted by molar-refractivity contribution is 0.0844. The first-order chi connectivity index (χ1) is 13.5. The third kappa shape index (κ3) is 3.20. The highest BCUT2D eigenvalue weighted by molar-refractivity contribution is 6.00. The maximum atomic E-state index is 12.4. The molecule has 28 heavy (non-hydrogen) atoms. The van der Waals surface area contributed by atoms with Crippen LogP contribution in [0.1, 0.15) is 26.5 Å². The Hall–Kier alpha value is -4.01. The number of amides is 2. The average Bonchev–Trinajstić information content (AvgIpc) is 3.32. The molecule has 0 saturated carbocycles. The van der Waals surface area contributed by atoms with E-state index in [1.807, 2.05) is 37.3 Å². The van der Waals surface area contributed by atoms with E-state index in [1.165, 1.54) is 6.20 Å². The lowest BCUT2D eigenvalue weighted by atomic mass is 10.1. The fraction of sp³-hybridized carbons (Fsp3) is 0.105. The van der Waals surface area contributed by atoms with Crippen LogP contribution in [0, 0.1) is 6.92 Å². The van der Waals surface area contributed by atoms with Crippen LogP contribution in [0.15, 0.2) is 48.7 Å². The number of hydrazine groups is 1. The van der Waals surface area contributed by atoms with Crippen LogP contribution in [-0.2, 0) is 7.05 Å². The molecule has 0 atom stereocenters. The molecule has 0 spiro atoms. The fourth-order valence-corrected chi connectivity index (χ4v) is 2.88. The third-order valence-corrected chi connectivity index (χ3v) is 4.31. The highest BCUT2D eigenvalue weighted by Gasteiger charge is 2.14. The standard InChI is InChI=1S/C19H17N7O2/c1-11-14-8-13(10-20-17(14)26(2)25-11)18(27)23-24-19(28)16-9-15(21-22-16)12-6-4-3-5-7-12/h3-10H,1-2H3,(H,21,22)(H,23,27)(H,24,28). The summed E-state index contributed by atoms with van der Waals surface area (Å²) in [7, 11) is 1.79. The molecule has 3 N–H and O–H groups in total. The van der Waals surface area contributed by atoms with Gasteiger partial charge in [0.2, 0.25) is 0 Å². The van der Waals surface area contributed by atoms with Gasteiger partial charge in [-0.05, 0) is 19.1 Å². The number of hydrogen-bond donors (Lipinski definition) is 3. The smallest absolute Gasteiger partial charge is 0.272 e. The van der Waals surface area contributed by atoms with Crippen molar-refractivity contribution < 1.29 is 9.59 Å². The van der Waals surface area contributed by atoms with Crippen LogP contribution < -0.4 is 10.9 Å². The molecule has 0 fully saturated rings. The number of benzene rings is 1. The number of aromatic nitrogens is 5. The Morgan fingerprint density at radius 3 is 2.61 bits per heavy atom. The molecule has 3 heterocycles. The number of carbonyl (C=O) groups excluding carboxylic acids is 2. The molecule has 140 valence electrons. The molecule has 4 rings (SSSR count). The third-order valence-electron chi connectivity index (χ3n) is 4.31. The summed E-state index contributed by atoms with van der Waals surface area (Å²) < 4.78 is 1.65. The van der Waals surface area contributed by atoms with E-state index in [4.69, 9.17) is 0 Å². The molecular weight excluding hydrogens is 358 g/mol. The van der Waals surface area contributed by atoms with Gasteiger partial charge in [-0.3, -0.25) is 30.2 Å². The molecule has 0 aliphatic rings. The molecule has 1 aromatic carbocycles. The molecule has 0 aliphatic carbocycles. The molecular formula is C19H17N7O2. The van der Waals surface area contributed by atoms with E-state index in [1.54, 1.807) is 23.9 Å². The minimum atomic E-state index is -0.505.